The summed E-state index contributed by atoms with van der Waals surface area (Å²) in [6, 6.07) is 26.2. The Morgan fingerprint density at radius 2 is 1.50 bits per heavy atom. The van der Waals surface area contributed by atoms with E-state index in [1.165, 1.54) is 0 Å². The van der Waals surface area contributed by atoms with Crippen LogP contribution < -0.4 is 9.47 Å². The van der Waals surface area contributed by atoms with E-state index in [1.807, 2.05) is 72.8 Å². The summed E-state index contributed by atoms with van der Waals surface area (Å²) in [5.74, 6) is 1.41. The first-order valence-corrected chi connectivity index (χ1v) is 10.8. The van der Waals surface area contributed by atoms with Gasteiger partial charge in [-0.2, -0.15) is 5.26 Å². The fourth-order valence-corrected chi connectivity index (χ4v) is 4.73. The predicted molar refractivity (Wildman–Crippen MR) is 124 cm³/mol. The molecule has 1 unspecified atom stereocenters. The van der Waals surface area contributed by atoms with Gasteiger partial charge in [0.15, 0.2) is 0 Å². The van der Waals surface area contributed by atoms with Crippen LogP contribution in [0.3, 0.4) is 0 Å². The number of rotatable bonds is 7. The Morgan fingerprint density at radius 3 is 2.03 bits per heavy atom. The van der Waals surface area contributed by atoms with Crippen LogP contribution in [0, 0.1) is 11.3 Å². The minimum Gasteiger partial charge on any atom is -0.496 e. The molecule has 0 radical (unpaired) electrons. The highest BCUT2D eigenvalue weighted by atomic mass is 16.5. The zero-order valence-electron chi connectivity index (χ0n) is 18.5. The Bertz CT molecular complexity index is 1050. The van der Waals surface area contributed by atoms with Crippen molar-refractivity contribution in [3.05, 3.63) is 95.1 Å². The number of nitriles is 1. The first-order chi connectivity index (χ1) is 15.6. The van der Waals surface area contributed by atoms with Gasteiger partial charge in [-0.05, 0) is 29.7 Å². The average Bonchev–Trinajstić information content (AvgIpc) is 2.85. The molecule has 32 heavy (non-hydrogen) atoms. The SMILES string of the molecule is COc1ccc(OC)c2c1CN(CCC(C#N)(c1ccccc1)c1ccccc1)CC2O. The van der Waals surface area contributed by atoms with Crippen molar-refractivity contribution in [3.8, 4) is 17.6 Å². The predicted octanol–water partition coefficient (Wildman–Crippen LogP) is 4.45. The molecule has 1 N–H and O–H groups in total. The molecule has 0 aliphatic carbocycles. The van der Waals surface area contributed by atoms with E-state index >= 15 is 0 Å². The molecule has 5 nitrogen and oxygen atoms in total. The number of fused-ring (bicyclic) bond motifs is 1. The zero-order chi connectivity index (χ0) is 22.6. The van der Waals surface area contributed by atoms with Gasteiger partial charge in [-0.25, -0.2) is 0 Å². The van der Waals surface area contributed by atoms with Gasteiger partial charge in [0.25, 0.3) is 0 Å². The van der Waals surface area contributed by atoms with Crippen molar-refractivity contribution in [1.82, 2.24) is 4.90 Å². The van der Waals surface area contributed by atoms with Crippen molar-refractivity contribution in [3.63, 3.8) is 0 Å². The molecule has 1 atom stereocenters. The highest BCUT2D eigenvalue weighted by Gasteiger charge is 2.36. The summed E-state index contributed by atoms with van der Waals surface area (Å²) in [7, 11) is 3.25. The third-order valence-corrected chi connectivity index (χ3v) is 6.39. The molecule has 1 heterocycles. The monoisotopic (exact) mass is 428 g/mol. The summed E-state index contributed by atoms with van der Waals surface area (Å²) < 4.78 is 11.1. The second-order valence-electron chi connectivity index (χ2n) is 8.11. The Kier molecular flexibility index (Phi) is 6.45. The number of nitrogens with zero attached hydrogens (tertiary/aromatic N) is 2. The van der Waals surface area contributed by atoms with E-state index in [-0.39, 0.29) is 0 Å². The minimum atomic E-state index is -0.772. The lowest BCUT2D eigenvalue weighted by atomic mass is 9.73. The summed E-state index contributed by atoms with van der Waals surface area (Å²) in [5, 5.41) is 21.4. The maximum absolute atomic E-state index is 10.9. The minimum absolute atomic E-state index is 0.474. The van der Waals surface area contributed by atoms with Gasteiger partial charge in [0, 0.05) is 30.8 Å². The lowest BCUT2D eigenvalue weighted by molar-refractivity contribution is 0.0858. The molecule has 1 aliphatic heterocycles. The van der Waals surface area contributed by atoms with Crippen molar-refractivity contribution >= 4 is 0 Å². The largest absolute Gasteiger partial charge is 0.496 e. The Labute approximate surface area is 189 Å². The van der Waals surface area contributed by atoms with E-state index in [0.29, 0.717) is 31.8 Å². The summed E-state index contributed by atoms with van der Waals surface area (Å²) in [5.41, 5.74) is 2.91. The molecular weight excluding hydrogens is 400 g/mol. The average molecular weight is 429 g/mol. The van der Waals surface area contributed by atoms with Crippen LogP contribution in [0.5, 0.6) is 11.5 Å². The second-order valence-corrected chi connectivity index (χ2v) is 8.11. The lowest BCUT2D eigenvalue weighted by Gasteiger charge is -2.36. The third-order valence-electron chi connectivity index (χ3n) is 6.39. The first-order valence-electron chi connectivity index (χ1n) is 10.8. The van der Waals surface area contributed by atoms with Crippen molar-refractivity contribution in [2.24, 2.45) is 0 Å². The number of methoxy groups -OCH3 is 2. The van der Waals surface area contributed by atoms with Gasteiger partial charge in [0.1, 0.15) is 16.9 Å². The Hall–Kier alpha value is -3.33. The van der Waals surface area contributed by atoms with E-state index < -0.39 is 11.5 Å². The lowest BCUT2D eigenvalue weighted by Crippen LogP contribution is -2.38. The Morgan fingerprint density at radius 1 is 0.938 bits per heavy atom. The number of aliphatic hydroxyl groups is 1. The van der Waals surface area contributed by atoms with E-state index in [9.17, 15) is 10.4 Å². The normalized spacial score (nSPS) is 16.1. The van der Waals surface area contributed by atoms with Crippen LogP contribution in [0.4, 0.5) is 0 Å². The molecule has 0 amide bonds. The van der Waals surface area contributed by atoms with Crippen LogP contribution in [-0.4, -0.2) is 37.3 Å². The van der Waals surface area contributed by atoms with Crippen LogP contribution in [-0.2, 0) is 12.0 Å². The first kappa shape index (κ1) is 21.9. The van der Waals surface area contributed by atoms with E-state index in [4.69, 9.17) is 9.47 Å². The van der Waals surface area contributed by atoms with Crippen LogP contribution >= 0.6 is 0 Å². The molecule has 0 saturated carbocycles. The quantitative estimate of drug-likeness (QED) is 0.602. The summed E-state index contributed by atoms with van der Waals surface area (Å²) >= 11 is 0. The molecule has 164 valence electrons. The van der Waals surface area contributed by atoms with Crippen LogP contribution in [0.2, 0.25) is 0 Å². The summed E-state index contributed by atoms with van der Waals surface area (Å²) in [6.45, 7) is 1.74. The van der Waals surface area contributed by atoms with E-state index in [2.05, 4.69) is 11.0 Å². The molecule has 5 heteroatoms. The number of ether oxygens (including phenoxy) is 2. The molecule has 3 aromatic rings. The van der Waals surface area contributed by atoms with E-state index in [1.54, 1.807) is 14.2 Å². The van der Waals surface area contributed by atoms with Crippen molar-refractivity contribution in [2.45, 2.75) is 24.5 Å². The van der Waals surface area contributed by atoms with Gasteiger partial charge in [0.2, 0.25) is 0 Å². The van der Waals surface area contributed by atoms with Crippen LogP contribution in [0.25, 0.3) is 0 Å². The maximum atomic E-state index is 10.9. The molecule has 0 saturated heterocycles. The number of hydrogen-bond acceptors (Lipinski definition) is 5. The maximum Gasteiger partial charge on any atom is 0.125 e. The number of aliphatic hydroxyl groups excluding tert-OH is 1. The highest BCUT2D eigenvalue weighted by molar-refractivity contribution is 5.51. The van der Waals surface area contributed by atoms with Gasteiger partial charge in [-0.15, -0.1) is 0 Å². The van der Waals surface area contributed by atoms with Gasteiger partial charge in [-0.1, -0.05) is 60.7 Å². The highest BCUT2D eigenvalue weighted by Crippen LogP contribution is 2.41. The smallest absolute Gasteiger partial charge is 0.125 e. The van der Waals surface area contributed by atoms with Crippen molar-refractivity contribution in [1.29, 1.82) is 5.26 Å². The third kappa shape index (κ3) is 3.95. The van der Waals surface area contributed by atoms with Crippen LogP contribution in [0.1, 0.15) is 34.8 Å². The van der Waals surface area contributed by atoms with Gasteiger partial charge < -0.3 is 14.6 Å². The molecule has 3 aromatic carbocycles. The fourth-order valence-electron chi connectivity index (χ4n) is 4.73. The van der Waals surface area contributed by atoms with Crippen molar-refractivity contribution in [2.75, 3.05) is 27.3 Å². The van der Waals surface area contributed by atoms with Gasteiger partial charge >= 0.3 is 0 Å². The fraction of sp³-hybridized carbons (Fsp3) is 0.296. The molecule has 4 rings (SSSR count). The van der Waals surface area contributed by atoms with Gasteiger partial charge in [0.05, 0.1) is 26.4 Å². The number of β-amino-alcohol motifs (C(OH)–C–C–N with tert-alkyl or cyclic N) is 1. The molecule has 0 spiro atoms. The van der Waals surface area contributed by atoms with Gasteiger partial charge in [-0.3, -0.25) is 4.90 Å². The Balaban J connectivity index is 1.65. The molecule has 0 aromatic heterocycles. The number of hydrogen-bond donors (Lipinski definition) is 1. The summed E-state index contributed by atoms with van der Waals surface area (Å²) in [4.78, 5) is 2.19. The van der Waals surface area contributed by atoms with Crippen LogP contribution in [0.15, 0.2) is 72.8 Å². The number of benzene rings is 3. The topological polar surface area (TPSA) is 65.7 Å². The zero-order valence-corrected chi connectivity index (χ0v) is 18.5. The summed E-state index contributed by atoms with van der Waals surface area (Å²) in [6.07, 6.45) is -0.0833. The molecule has 1 aliphatic rings. The van der Waals surface area contributed by atoms with E-state index in [0.717, 1.165) is 28.0 Å². The second kappa shape index (κ2) is 9.44. The standard InChI is InChI=1S/C27H28N2O3/c1-31-24-13-14-25(32-2)26-22(24)17-29(18-23(26)30)16-15-27(19-28,20-9-5-3-6-10-20)21-11-7-4-8-12-21/h3-14,23,30H,15-18H2,1-2H3. The molecule has 0 fully saturated rings. The van der Waals surface area contributed by atoms with Crippen molar-refractivity contribution < 1.29 is 14.6 Å². The molecular formula is C27H28N2O3. The molecule has 0 bridgehead atoms.